The number of aliphatic hydroxyl groups excluding tert-OH is 1. The highest BCUT2D eigenvalue weighted by molar-refractivity contribution is 6.31. The summed E-state index contributed by atoms with van der Waals surface area (Å²) in [6.07, 6.45) is -0.757. The molecule has 0 saturated carbocycles. The fraction of sp³-hybridized carbons (Fsp3) is 0.125. The van der Waals surface area contributed by atoms with Crippen molar-refractivity contribution in [2.75, 3.05) is 0 Å². The quantitative estimate of drug-likeness (QED) is 0.746. The minimum atomic E-state index is -0.757. The number of benzene rings is 2. The van der Waals surface area contributed by atoms with Gasteiger partial charge in [-0.05, 0) is 42.3 Å². The zero-order chi connectivity index (χ0) is 13.4. The predicted molar refractivity (Wildman–Crippen MR) is 76.5 cm³/mol. The summed E-state index contributed by atoms with van der Waals surface area (Å²) in [5.74, 6) is 0.534. The summed E-state index contributed by atoms with van der Waals surface area (Å²) in [5, 5.41) is 12.0. The van der Waals surface area contributed by atoms with Gasteiger partial charge in [-0.25, -0.2) is 0 Å². The van der Waals surface area contributed by atoms with E-state index in [0.29, 0.717) is 10.8 Å². The number of fused-ring (bicyclic) bond motifs is 1. The summed E-state index contributed by atoms with van der Waals surface area (Å²) in [5.41, 5.74) is 2.62. The van der Waals surface area contributed by atoms with Crippen LogP contribution in [0.2, 0.25) is 5.02 Å². The Hall–Kier alpha value is -1.77. The molecule has 1 atom stereocenters. The van der Waals surface area contributed by atoms with Crippen LogP contribution in [-0.2, 0) is 0 Å². The summed E-state index contributed by atoms with van der Waals surface area (Å²) in [4.78, 5) is 0. The monoisotopic (exact) mass is 272 g/mol. The summed E-state index contributed by atoms with van der Waals surface area (Å²) in [7, 11) is 0. The van der Waals surface area contributed by atoms with Crippen LogP contribution in [0, 0.1) is 6.92 Å². The molecule has 0 aliphatic carbocycles. The van der Waals surface area contributed by atoms with E-state index in [1.807, 2.05) is 49.4 Å². The summed E-state index contributed by atoms with van der Waals surface area (Å²) >= 11 is 5.95. The topological polar surface area (TPSA) is 33.4 Å². The van der Waals surface area contributed by atoms with Crippen molar-refractivity contribution in [1.82, 2.24) is 0 Å². The lowest BCUT2D eigenvalue weighted by Gasteiger charge is -2.10. The van der Waals surface area contributed by atoms with E-state index in [1.165, 1.54) is 0 Å². The molecule has 0 amide bonds. The van der Waals surface area contributed by atoms with Crippen molar-refractivity contribution in [2.24, 2.45) is 0 Å². The van der Waals surface area contributed by atoms with Gasteiger partial charge in [0.2, 0.25) is 0 Å². The Balaban J connectivity index is 2.07. The Morgan fingerprint density at radius 1 is 1.11 bits per heavy atom. The zero-order valence-corrected chi connectivity index (χ0v) is 11.2. The fourth-order valence-electron chi connectivity index (χ4n) is 2.22. The van der Waals surface area contributed by atoms with E-state index in [0.717, 1.165) is 22.1 Å². The number of furan rings is 1. The Labute approximate surface area is 116 Å². The first-order chi connectivity index (χ1) is 9.15. The van der Waals surface area contributed by atoms with Crippen molar-refractivity contribution in [2.45, 2.75) is 13.0 Å². The van der Waals surface area contributed by atoms with Crippen LogP contribution in [0.4, 0.5) is 0 Å². The van der Waals surface area contributed by atoms with E-state index in [4.69, 9.17) is 16.0 Å². The van der Waals surface area contributed by atoms with Gasteiger partial charge in [-0.15, -0.1) is 0 Å². The first-order valence-corrected chi connectivity index (χ1v) is 6.45. The molecule has 3 aromatic rings. The molecule has 1 aromatic heterocycles. The van der Waals surface area contributed by atoms with Gasteiger partial charge >= 0.3 is 0 Å². The van der Waals surface area contributed by atoms with Gasteiger partial charge < -0.3 is 9.52 Å². The SMILES string of the molecule is Cc1ccccc1C(O)c1cc2cc(Cl)ccc2o1. The molecule has 1 unspecified atom stereocenters. The van der Waals surface area contributed by atoms with E-state index in [1.54, 1.807) is 6.07 Å². The highest BCUT2D eigenvalue weighted by Gasteiger charge is 2.17. The molecular formula is C16H13ClO2. The molecule has 0 radical (unpaired) electrons. The van der Waals surface area contributed by atoms with Crippen LogP contribution in [0.25, 0.3) is 11.0 Å². The largest absolute Gasteiger partial charge is 0.458 e. The Bertz CT molecular complexity index is 730. The molecule has 96 valence electrons. The Morgan fingerprint density at radius 2 is 1.89 bits per heavy atom. The highest BCUT2D eigenvalue weighted by atomic mass is 35.5. The summed E-state index contributed by atoms with van der Waals surface area (Å²) in [6.45, 7) is 1.97. The normalized spacial score (nSPS) is 12.8. The average Bonchev–Trinajstić information content (AvgIpc) is 2.81. The molecule has 2 aromatic carbocycles. The smallest absolute Gasteiger partial charge is 0.138 e. The van der Waals surface area contributed by atoms with Crippen LogP contribution in [-0.4, -0.2) is 5.11 Å². The lowest BCUT2D eigenvalue weighted by molar-refractivity contribution is 0.191. The van der Waals surface area contributed by atoms with Crippen molar-refractivity contribution in [1.29, 1.82) is 0 Å². The number of hydrogen-bond donors (Lipinski definition) is 1. The van der Waals surface area contributed by atoms with E-state index in [-0.39, 0.29) is 0 Å². The molecule has 1 heterocycles. The van der Waals surface area contributed by atoms with Gasteiger partial charge in [-0.3, -0.25) is 0 Å². The Kier molecular flexibility index (Phi) is 3.05. The van der Waals surface area contributed by atoms with Gasteiger partial charge in [0, 0.05) is 10.4 Å². The molecule has 0 saturated heterocycles. The van der Waals surface area contributed by atoms with Crippen LogP contribution < -0.4 is 0 Å². The number of hydrogen-bond acceptors (Lipinski definition) is 2. The molecule has 3 rings (SSSR count). The number of aryl methyl sites for hydroxylation is 1. The molecule has 3 heteroatoms. The van der Waals surface area contributed by atoms with Crippen LogP contribution in [0.1, 0.15) is 23.0 Å². The summed E-state index contributed by atoms with van der Waals surface area (Å²) in [6, 6.07) is 15.0. The van der Waals surface area contributed by atoms with Crippen LogP contribution >= 0.6 is 11.6 Å². The molecule has 0 aliphatic rings. The minimum absolute atomic E-state index is 0.534. The van der Waals surface area contributed by atoms with Gasteiger partial charge in [0.25, 0.3) is 0 Å². The third-order valence-electron chi connectivity index (χ3n) is 3.25. The number of aliphatic hydroxyl groups is 1. The predicted octanol–water partition coefficient (Wildman–Crippen LogP) is 4.48. The van der Waals surface area contributed by atoms with Crippen LogP contribution in [0.15, 0.2) is 52.9 Å². The zero-order valence-electron chi connectivity index (χ0n) is 10.4. The van der Waals surface area contributed by atoms with Crippen LogP contribution in [0.5, 0.6) is 0 Å². The third-order valence-corrected chi connectivity index (χ3v) is 3.49. The highest BCUT2D eigenvalue weighted by Crippen LogP contribution is 2.30. The second kappa shape index (κ2) is 4.72. The molecular weight excluding hydrogens is 260 g/mol. The van der Waals surface area contributed by atoms with E-state index in [2.05, 4.69) is 0 Å². The van der Waals surface area contributed by atoms with Crippen molar-refractivity contribution in [3.8, 4) is 0 Å². The fourth-order valence-corrected chi connectivity index (χ4v) is 2.40. The lowest BCUT2D eigenvalue weighted by atomic mass is 10.0. The maximum absolute atomic E-state index is 10.4. The molecule has 2 nitrogen and oxygen atoms in total. The molecule has 19 heavy (non-hydrogen) atoms. The maximum Gasteiger partial charge on any atom is 0.138 e. The first kappa shape index (κ1) is 12.3. The van der Waals surface area contributed by atoms with Gasteiger partial charge in [0.05, 0.1) is 0 Å². The van der Waals surface area contributed by atoms with E-state index < -0.39 is 6.10 Å². The molecule has 0 fully saturated rings. The first-order valence-electron chi connectivity index (χ1n) is 6.08. The van der Waals surface area contributed by atoms with Crippen molar-refractivity contribution < 1.29 is 9.52 Å². The van der Waals surface area contributed by atoms with E-state index >= 15 is 0 Å². The molecule has 0 aliphatic heterocycles. The Morgan fingerprint density at radius 3 is 2.68 bits per heavy atom. The van der Waals surface area contributed by atoms with Crippen molar-refractivity contribution >= 4 is 22.6 Å². The number of rotatable bonds is 2. The molecule has 0 spiro atoms. The van der Waals surface area contributed by atoms with Crippen molar-refractivity contribution in [3.05, 3.63) is 70.4 Å². The minimum Gasteiger partial charge on any atom is -0.458 e. The number of halogens is 1. The van der Waals surface area contributed by atoms with Crippen molar-refractivity contribution in [3.63, 3.8) is 0 Å². The average molecular weight is 273 g/mol. The molecule has 1 N–H and O–H groups in total. The third kappa shape index (κ3) is 2.25. The van der Waals surface area contributed by atoms with Crippen LogP contribution in [0.3, 0.4) is 0 Å². The second-order valence-electron chi connectivity index (χ2n) is 4.59. The lowest BCUT2D eigenvalue weighted by Crippen LogP contribution is -2.00. The van der Waals surface area contributed by atoms with Gasteiger partial charge in [0.15, 0.2) is 0 Å². The summed E-state index contributed by atoms with van der Waals surface area (Å²) < 4.78 is 5.69. The second-order valence-corrected chi connectivity index (χ2v) is 5.03. The standard InChI is InChI=1S/C16H13ClO2/c1-10-4-2-3-5-13(10)16(18)15-9-11-8-12(17)6-7-14(11)19-15/h2-9,16,18H,1H3. The molecule has 0 bridgehead atoms. The maximum atomic E-state index is 10.4. The van der Waals surface area contributed by atoms with Gasteiger partial charge in [-0.2, -0.15) is 0 Å². The van der Waals surface area contributed by atoms with Gasteiger partial charge in [0.1, 0.15) is 17.4 Å². The van der Waals surface area contributed by atoms with E-state index in [9.17, 15) is 5.11 Å². The van der Waals surface area contributed by atoms with Gasteiger partial charge in [-0.1, -0.05) is 35.9 Å².